The number of likely N-dealkylation sites (tertiary alicyclic amines) is 1. The predicted molar refractivity (Wildman–Crippen MR) is 114 cm³/mol. The Labute approximate surface area is 174 Å². The highest BCUT2D eigenvalue weighted by atomic mass is 19.3. The highest BCUT2D eigenvalue weighted by molar-refractivity contribution is 6.00. The van der Waals surface area contributed by atoms with Crippen LogP contribution in [0.5, 0.6) is 5.75 Å². The van der Waals surface area contributed by atoms with Gasteiger partial charge in [0.15, 0.2) is 0 Å². The van der Waals surface area contributed by atoms with E-state index in [-0.39, 0.29) is 32.5 Å². The van der Waals surface area contributed by atoms with Crippen LogP contribution in [0, 0.1) is 0 Å². The first-order valence-electron chi connectivity index (χ1n) is 10.0. The van der Waals surface area contributed by atoms with Gasteiger partial charge in [0.2, 0.25) is 0 Å². The molecule has 1 aromatic heterocycles. The monoisotopic (exact) mass is 413 g/mol. The number of piperidine rings is 1. The van der Waals surface area contributed by atoms with E-state index in [4.69, 9.17) is 10.5 Å². The third kappa shape index (κ3) is 4.68. The van der Waals surface area contributed by atoms with Gasteiger partial charge in [0.05, 0.1) is 0 Å². The molecule has 0 spiro atoms. The molecule has 30 heavy (non-hydrogen) atoms. The molecule has 3 N–H and O–H groups in total. The van der Waals surface area contributed by atoms with Crippen molar-refractivity contribution in [1.29, 1.82) is 0 Å². The molecule has 0 radical (unpaired) electrons. The summed E-state index contributed by atoms with van der Waals surface area (Å²) in [6.45, 7) is 0.953. The molecule has 2 heterocycles. The molecule has 0 saturated carbocycles. The van der Waals surface area contributed by atoms with Gasteiger partial charge in [-0.05, 0) is 34.5 Å². The number of pyridine rings is 1. The fourth-order valence-corrected chi connectivity index (χ4v) is 3.83. The van der Waals surface area contributed by atoms with Crippen LogP contribution in [-0.4, -0.2) is 53.3 Å². The lowest BCUT2D eigenvalue weighted by Gasteiger charge is -2.32. The van der Waals surface area contributed by atoms with Gasteiger partial charge in [-0.25, -0.2) is 8.78 Å². The lowest BCUT2D eigenvalue weighted by atomic mass is 9.98. The van der Waals surface area contributed by atoms with Crippen molar-refractivity contribution in [3.05, 3.63) is 54.9 Å². The Bertz CT molecular complexity index is 1020. The molecule has 0 bridgehead atoms. The van der Waals surface area contributed by atoms with Gasteiger partial charge in [0.1, 0.15) is 18.5 Å². The van der Waals surface area contributed by atoms with E-state index < -0.39 is 12.0 Å². The number of aliphatic hydroxyl groups is 1. The SMILES string of the molecule is Nc1ccncc1-c1cc(OCC(O)CN2CCC(F)(F)CC2)cc2ccccc12. The van der Waals surface area contributed by atoms with Crippen molar-refractivity contribution in [3.8, 4) is 16.9 Å². The number of nitrogens with two attached hydrogens (primary N) is 1. The molecule has 1 saturated heterocycles. The van der Waals surface area contributed by atoms with E-state index in [2.05, 4.69) is 4.98 Å². The smallest absolute Gasteiger partial charge is 0.250 e. The van der Waals surface area contributed by atoms with E-state index in [1.807, 2.05) is 41.3 Å². The summed E-state index contributed by atoms with van der Waals surface area (Å²) in [7, 11) is 0. The van der Waals surface area contributed by atoms with Crippen molar-refractivity contribution in [3.63, 3.8) is 0 Å². The molecule has 158 valence electrons. The molecule has 5 nitrogen and oxygen atoms in total. The molecule has 2 aromatic carbocycles. The summed E-state index contributed by atoms with van der Waals surface area (Å²) in [5.74, 6) is -1.98. The molecule has 1 aliphatic rings. The average Bonchev–Trinajstić information content (AvgIpc) is 2.74. The molecule has 1 unspecified atom stereocenters. The van der Waals surface area contributed by atoms with Crippen LogP contribution >= 0.6 is 0 Å². The summed E-state index contributed by atoms with van der Waals surface area (Å²) in [5, 5.41) is 12.4. The van der Waals surface area contributed by atoms with Crippen molar-refractivity contribution >= 4 is 16.5 Å². The predicted octanol–water partition coefficient (Wildman–Crippen LogP) is 3.95. The second-order valence-corrected chi connectivity index (χ2v) is 7.78. The van der Waals surface area contributed by atoms with Crippen LogP contribution in [0.2, 0.25) is 0 Å². The number of nitrogens with zero attached hydrogens (tertiary/aromatic N) is 2. The van der Waals surface area contributed by atoms with E-state index in [1.165, 1.54) is 0 Å². The lowest BCUT2D eigenvalue weighted by molar-refractivity contribution is -0.0628. The number of aromatic nitrogens is 1. The minimum absolute atomic E-state index is 0.0766. The Hall–Kier alpha value is -2.77. The average molecular weight is 413 g/mol. The number of rotatable bonds is 6. The van der Waals surface area contributed by atoms with Gasteiger partial charge in [-0.2, -0.15) is 0 Å². The first kappa shape index (κ1) is 20.5. The molecule has 3 aromatic rings. The first-order valence-corrected chi connectivity index (χ1v) is 10.0. The lowest BCUT2D eigenvalue weighted by Crippen LogP contribution is -2.44. The summed E-state index contributed by atoms with van der Waals surface area (Å²) in [6.07, 6.45) is 2.27. The maximum atomic E-state index is 13.3. The number of benzene rings is 2. The number of anilines is 1. The second kappa shape index (κ2) is 8.53. The number of nitrogen functional groups attached to an aromatic ring is 1. The maximum Gasteiger partial charge on any atom is 0.250 e. The molecule has 1 aliphatic heterocycles. The normalized spacial score (nSPS) is 17.7. The molecule has 1 fully saturated rings. The van der Waals surface area contributed by atoms with Crippen LogP contribution in [-0.2, 0) is 0 Å². The van der Waals surface area contributed by atoms with Gasteiger partial charge >= 0.3 is 0 Å². The summed E-state index contributed by atoms with van der Waals surface area (Å²) in [5.41, 5.74) is 8.50. The minimum atomic E-state index is -2.59. The standard InChI is InChI=1S/C23H25F2N3O2/c24-23(25)6-9-28(10-7-23)14-17(29)15-30-18-11-16-3-1-2-4-19(16)20(12-18)21-13-27-8-5-22(21)26/h1-5,8,11-13,17,29H,6-7,9-10,14-15H2,(H2,26,27). The van der Waals surface area contributed by atoms with Gasteiger partial charge in [-0.15, -0.1) is 0 Å². The zero-order valence-electron chi connectivity index (χ0n) is 16.6. The largest absolute Gasteiger partial charge is 0.491 e. The van der Waals surface area contributed by atoms with Gasteiger partial charge in [-0.3, -0.25) is 4.98 Å². The molecular weight excluding hydrogens is 388 g/mol. The third-order valence-electron chi connectivity index (χ3n) is 5.48. The summed E-state index contributed by atoms with van der Waals surface area (Å²) in [4.78, 5) is 6.04. The summed E-state index contributed by atoms with van der Waals surface area (Å²) < 4.78 is 32.5. The minimum Gasteiger partial charge on any atom is -0.491 e. The third-order valence-corrected chi connectivity index (χ3v) is 5.48. The number of ether oxygens (including phenoxy) is 1. The van der Waals surface area contributed by atoms with E-state index in [9.17, 15) is 13.9 Å². The Balaban J connectivity index is 1.49. The second-order valence-electron chi connectivity index (χ2n) is 7.78. The Kier molecular flexibility index (Phi) is 5.83. The topological polar surface area (TPSA) is 71.6 Å². The fraction of sp³-hybridized carbons (Fsp3) is 0.348. The first-order chi connectivity index (χ1) is 14.4. The molecule has 0 amide bonds. The Morgan fingerprint density at radius 1 is 1.13 bits per heavy atom. The highest BCUT2D eigenvalue weighted by Gasteiger charge is 2.34. The molecule has 1 atom stereocenters. The van der Waals surface area contributed by atoms with Crippen LogP contribution in [0.3, 0.4) is 0 Å². The van der Waals surface area contributed by atoms with E-state index in [1.54, 1.807) is 18.5 Å². The number of hydrogen-bond donors (Lipinski definition) is 2. The van der Waals surface area contributed by atoms with E-state index in [0.717, 1.165) is 21.9 Å². The number of aliphatic hydroxyl groups excluding tert-OH is 1. The van der Waals surface area contributed by atoms with Crippen LogP contribution in [0.25, 0.3) is 21.9 Å². The number of fused-ring (bicyclic) bond motifs is 1. The molecule has 0 aliphatic carbocycles. The number of halogens is 2. The fourth-order valence-electron chi connectivity index (χ4n) is 3.83. The molecular formula is C23H25F2N3O2. The van der Waals surface area contributed by atoms with E-state index >= 15 is 0 Å². The van der Waals surface area contributed by atoms with Gasteiger partial charge in [0, 0.05) is 56.1 Å². The zero-order chi connectivity index (χ0) is 21.1. The maximum absolute atomic E-state index is 13.3. The Morgan fingerprint density at radius 3 is 2.67 bits per heavy atom. The van der Waals surface area contributed by atoms with Crippen LogP contribution in [0.1, 0.15) is 12.8 Å². The van der Waals surface area contributed by atoms with Crippen molar-refractivity contribution in [2.45, 2.75) is 24.9 Å². The number of β-amino-alcohol motifs (C(OH)–C–C–N with tert-alkyl or cyclic N) is 1. The van der Waals surface area contributed by atoms with Crippen molar-refractivity contribution in [2.24, 2.45) is 0 Å². The highest BCUT2D eigenvalue weighted by Crippen LogP contribution is 2.35. The summed E-state index contributed by atoms with van der Waals surface area (Å²) >= 11 is 0. The van der Waals surface area contributed by atoms with E-state index in [0.29, 0.717) is 18.0 Å². The van der Waals surface area contributed by atoms with Gasteiger partial charge in [0.25, 0.3) is 5.92 Å². The number of alkyl halides is 2. The van der Waals surface area contributed by atoms with Crippen LogP contribution in [0.15, 0.2) is 54.9 Å². The summed E-state index contributed by atoms with van der Waals surface area (Å²) in [6, 6.07) is 13.5. The van der Waals surface area contributed by atoms with Gasteiger partial charge in [-0.1, -0.05) is 24.3 Å². The van der Waals surface area contributed by atoms with Crippen molar-refractivity contribution < 1.29 is 18.6 Å². The molecule has 7 heteroatoms. The zero-order valence-corrected chi connectivity index (χ0v) is 16.6. The quantitative estimate of drug-likeness (QED) is 0.640. The van der Waals surface area contributed by atoms with Crippen LogP contribution in [0.4, 0.5) is 14.5 Å². The van der Waals surface area contributed by atoms with Crippen LogP contribution < -0.4 is 10.5 Å². The van der Waals surface area contributed by atoms with Gasteiger partial charge < -0.3 is 20.5 Å². The number of hydrogen-bond acceptors (Lipinski definition) is 5. The van der Waals surface area contributed by atoms with Crippen molar-refractivity contribution in [1.82, 2.24) is 9.88 Å². The molecule has 4 rings (SSSR count). The Morgan fingerprint density at radius 2 is 1.90 bits per heavy atom. The van der Waals surface area contributed by atoms with Crippen molar-refractivity contribution in [2.75, 3.05) is 32.0 Å².